The fourth-order valence-electron chi connectivity index (χ4n) is 2.43. The third kappa shape index (κ3) is 2.43. The molecule has 1 aliphatic heterocycles. The van der Waals surface area contributed by atoms with Crippen molar-refractivity contribution >= 4 is 15.9 Å². The molecule has 0 aromatic heterocycles. The van der Waals surface area contributed by atoms with Crippen LogP contribution in [0.1, 0.15) is 29.7 Å². The Morgan fingerprint density at radius 2 is 1.90 bits per heavy atom. The number of hydrogen-bond acceptors (Lipinski definition) is 2. The molecule has 0 saturated heterocycles. The molecule has 0 aliphatic carbocycles. The molecule has 0 bridgehead atoms. The highest BCUT2D eigenvalue weighted by Gasteiger charge is 2.29. The minimum Gasteiger partial charge on any atom is -0.485 e. The number of rotatable bonds is 1. The second-order valence-corrected chi connectivity index (χ2v) is 5.71. The van der Waals surface area contributed by atoms with E-state index in [1.807, 2.05) is 0 Å². The first-order valence-corrected chi connectivity index (χ1v) is 7.00. The lowest BCUT2D eigenvalue weighted by molar-refractivity contribution is 0.157. The molecule has 20 heavy (non-hydrogen) atoms. The van der Waals surface area contributed by atoms with E-state index in [2.05, 4.69) is 15.9 Å². The molecule has 0 saturated carbocycles. The number of fused-ring (bicyclic) bond motifs is 1. The van der Waals surface area contributed by atoms with E-state index in [1.165, 1.54) is 24.3 Å². The molecule has 0 spiro atoms. The molecular formula is C15H12BrF2NO. The van der Waals surface area contributed by atoms with Crippen molar-refractivity contribution in [1.82, 2.24) is 0 Å². The summed E-state index contributed by atoms with van der Waals surface area (Å²) in [5.41, 5.74) is 7.12. The molecule has 2 aromatic rings. The number of hydrogen-bond donors (Lipinski definition) is 1. The molecule has 1 unspecified atom stereocenters. The van der Waals surface area contributed by atoms with E-state index >= 15 is 0 Å². The molecule has 3 rings (SSSR count). The molecule has 5 heteroatoms. The van der Waals surface area contributed by atoms with Crippen molar-refractivity contribution in [3.63, 3.8) is 0 Å². The van der Waals surface area contributed by atoms with Crippen LogP contribution in [-0.2, 0) is 0 Å². The van der Waals surface area contributed by atoms with E-state index in [-0.39, 0.29) is 17.7 Å². The van der Waals surface area contributed by atoms with Gasteiger partial charge in [-0.2, -0.15) is 0 Å². The zero-order chi connectivity index (χ0) is 14.3. The Labute approximate surface area is 123 Å². The molecular weight excluding hydrogens is 328 g/mol. The maximum absolute atomic E-state index is 13.9. The van der Waals surface area contributed by atoms with Gasteiger partial charge in [-0.3, -0.25) is 0 Å². The lowest BCUT2D eigenvalue weighted by atomic mass is 9.93. The highest BCUT2D eigenvalue weighted by Crippen LogP contribution is 2.40. The molecule has 0 amide bonds. The molecule has 1 heterocycles. The third-order valence-electron chi connectivity index (χ3n) is 3.41. The summed E-state index contributed by atoms with van der Waals surface area (Å²) in [4.78, 5) is 0. The van der Waals surface area contributed by atoms with Gasteiger partial charge in [0.05, 0.1) is 0 Å². The van der Waals surface area contributed by atoms with Gasteiger partial charge in [0.2, 0.25) is 0 Å². The van der Waals surface area contributed by atoms with Gasteiger partial charge < -0.3 is 10.5 Å². The summed E-state index contributed by atoms with van der Waals surface area (Å²) >= 11 is 3.32. The zero-order valence-electron chi connectivity index (χ0n) is 10.4. The fraction of sp³-hybridized carbons (Fsp3) is 0.200. The summed E-state index contributed by atoms with van der Waals surface area (Å²) in [5.74, 6) is -0.180. The van der Waals surface area contributed by atoms with Gasteiger partial charge in [-0.25, -0.2) is 8.78 Å². The first-order valence-electron chi connectivity index (χ1n) is 6.21. The second kappa shape index (κ2) is 5.14. The Morgan fingerprint density at radius 3 is 2.70 bits per heavy atom. The van der Waals surface area contributed by atoms with Crippen LogP contribution >= 0.6 is 15.9 Å². The zero-order valence-corrected chi connectivity index (χ0v) is 12.0. The van der Waals surface area contributed by atoms with Gasteiger partial charge in [0.1, 0.15) is 23.5 Å². The molecule has 0 radical (unpaired) electrons. The van der Waals surface area contributed by atoms with Crippen LogP contribution in [0.4, 0.5) is 8.78 Å². The Hall–Kier alpha value is -1.46. The Balaban J connectivity index is 1.99. The highest BCUT2D eigenvalue weighted by atomic mass is 79.9. The molecule has 2 nitrogen and oxygen atoms in total. The lowest BCUT2D eigenvalue weighted by Crippen LogP contribution is -2.24. The van der Waals surface area contributed by atoms with Crippen LogP contribution in [0.15, 0.2) is 40.9 Å². The fourth-order valence-corrected chi connectivity index (χ4v) is 2.81. The molecule has 0 fully saturated rings. The van der Waals surface area contributed by atoms with Crippen molar-refractivity contribution in [2.24, 2.45) is 5.73 Å². The first kappa shape index (κ1) is 13.5. The summed E-state index contributed by atoms with van der Waals surface area (Å²) < 4.78 is 33.7. The van der Waals surface area contributed by atoms with E-state index in [9.17, 15) is 8.78 Å². The van der Waals surface area contributed by atoms with Crippen LogP contribution in [0.25, 0.3) is 0 Å². The van der Waals surface area contributed by atoms with Gasteiger partial charge in [-0.1, -0.05) is 15.9 Å². The minimum absolute atomic E-state index is 0.337. The van der Waals surface area contributed by atoms with Crippen LogP contribution in [0.5, 0.6) is 5.75 Å². The Bertz CT molecular complexity index is 662. The number of halogens is 3. The van der Waals surface area contributed by atoms with E-state index in [0.717, 1.165) is 4.47 Å². The third-order valence-corrected chi connectivity index (χ3v) is 3.91. The summed E-state index contributed by atoms with van der Waals surface area (Å²) in [6.07, 6.45) is -0.0652. The maximum Gasteiger partial charge on any atom is 0.130 e. The SMILES string of the molecule is N[C@H]1CC(c2cc(Br)ccc2F)Oc2ccc(F)cc21. The van der Waals surface area contributed by atoms with Crippen molar-refractivity contribution < 1.29 is 13.5 Å². The Kier molecular flexibility index (Phi) is 3.48. The predicted octanol–water partition coefficient (Wildman–Crippen LogP) is 4.25. The largest absolute Gasteiger partial charge is 0.485 e. The van der Waals surface area contributed by atoms with Gasteiger partial charge >= 0.3 is 0 Å². The van der Waals surface area contributed by atoms with Crippen molar-refractivity contribution in [3.8, 4) is 5.75 Å². The average molecular weight is 340 g/mol. The quantitative estimate of drug-likeness (QED) is 0.842. The van der Waals surface area contributed by atoms with Gasteiger partial charge in [0.25, 0.3) is 0 Å². The molecule has 1 aliphatic rings. The molecule has 2 N–H and O–H groups in total. The highest BCUT2D eigenvalue weighted by molar-refractivity contribution is 9.10. The topological polar surface area (TPSA) is 35.2 Å². The Morgan fingerprint density at radius 1 is 1.10 bits per heavy atom. The smallest absolute Gasteiger partial charge is 0.130 e. The van der Waals surface area contributed by atoms with Gasteiger partial charge in [0.15, 0.2) is 0 Å². The summed E-state index contributed by atoms with van der Waals surface area (Å²) in [5, 5.41) is 0. The number of benzene rings is 2. The van der Waals surface area contributed by atoms with Crippen LogP contribution in [0.2, 0.25) is 0 Å². The molecule has 2 aromatic carbocycles. The number of nitrogens with two attached hydrogens (primary N) is 1. The van der Waals surface area contributed by atoms with E-state index in [4.69, 9.17) is 10.5 Å². The average Bonchev–Trinajstić information content (AvgIpc) is 2.42. The minimum atomic E-state index is -0.472. The monoisotopic (exact) mass is 339 g/mol. The normalized spacial score (nSPS) is 21.2. The second-order valence-electron chi connectivity index (χ2n) is 4.80. The van der Waals surface area contributed by atoms with E-state index in [1.54, 1.807) is 12.1 Å². The predicted molar refractivity (Wildman–Crippen MR) is 75.4 cm³/mol. The maximum atomic E-state index is 13.9. The van der Waals surface area contributed by atoms with Gasteiger partial charge in [-0.15, -0.1) is 0 Å². The van der Waals surface area contributed by atoms with Crippen LogP contribution in [0.3, 0.4) is 0 Å². The summed E-state index contributed by atoms with van der Waals surface area (Å²) in [6, 6.07) is 8.53. The van der Waals surface area contributed by atoms with Gasteiger partial charge in [-0.05, 0) is 36.4 Å². The summed E-state index contributed by atoms with van der Waals surface area (Å²) in [6.45, 7) is 0. The van der Waals surface area contributed by atoms with Crippen molar-refractivity contribution in [1.29, 1.82) is 0 Å². The first-order chi connectivity index (χ1) is 9.54. The van der Waals surface area contributed by atoms with Crippen LogP contribution in [0, 0.1) is 11.6 Å². The standard InChI is InChI=1S/C15H12BrF2NO/c16-8-1-3-12(18)10(5-8)15-7-13(19)11-6-9(17)2-4-14(11)20-15/h1-6,13,15H,7,19H2/t13-,15?/m0/s1. The van der Waals surface area contributed by atoms with E-state index < -0.39 is 6.10 Å². The molecule has 2 atom stereocenters. The number of ether oxygens (including phenoxy) is 1. The van der Waals surface area contributed by atoms with Crippen molar-refractivity contribution in [2.75, 3.05) is 0 Å². The molecule has 104 valence electrons. The van der Waals surface area contributed by atoms with Crippen LogP contribution < -0.4 is 10.5 Å². The lowest BCUT2D eigenvalue weighted by Gasteiger charge is -2.30. The van der Waals surface area contributed by atoms with E-state index in [0.29, 0.717) is 23.3 Å². The van der Waals surface area contributed by atoms with Gasteiger partial charge in [0, 0.05) is 28.1 Å². The van der Waals surface area contributed by atoms with Crippen LogP contribution in [-0.4, -0.2) is 0 Å². The summed E-state index contributed by atoms with van der Waals surface area (Å²) in [7, 11) is 0. The van der Waals surface area contributed by atoms with Crippen molar-refractivity contribution in [3.05, 3.63) is 63.6 Å². The van der Waals surface area contributed by atoms with Crippen molar-refractivity contribution in [2.45, 2.75) is 18.6 Å².